The molecule has 0 rings (SSSR count). The van der Waals surface area contributed by atoms with Gasteiger partial charge in [-0.3, -0.25) is 4.90 Å². The summed E-state index contributed by atoms with van der Waals surface area (Å²) in [5, 5.41) is 8.72. The van der Waals surface area contributed by atoms with Crippen LogP contribution in [-0.4, -0.2) is 36.2 Å². The molecule has 0 unspecified atom stereocenters. The van der Waals surface area contributed by atoms with E-state index in [1.807, 2.05) is 6.92 Å². The van der Waals surface area contributed by atoms with Crippen molar-refractivity contribution < 1.29 is 5.11 Å². The van der Waals surface area contributed by atoms with Gasteiger partial charge in [-0.25, -0.2) is 0 Å². The van der Waals surface area contributed by atoms with Crippen LogP contribution in [0.4, 0.5) is 0 Å². The van der Waals surface area contributed by atoms with E-state index in [0.29, 0.717) is 0 Å². The Morgan fingerprint density at radius 1 is 1.18 bits per heavy atom. The number of aliphatic hydroxyl groups is 1. The predicted octanol–water partition coefficient (Wildman–Crippen LogP) is 2.83. The lowest BCUT2D eigenvalue weighted by molar-refractivity contribution is 0.296. The van der Waals surface area contributed by atoms with Gasteiger partial charge in [-0.05, 0) is 44.5 Å². The predicted molar refractivity (Wildman–Crippen MR) is 74.9 cm³/mol. The van der Waals surface area contributed by atoms with Gasteiger partial charge in [-0.15, -0.1) is 0 Å². The molecule has 17 heavy (non-hydrogen) atoms. The average Bonchev–Trinajstić information content (AvgIpc) is 2.32. The van der Waals surface area contributed by atoms with Crippen LogP contribution in [-0.2, 0) is 0 Å². The number of rotatable bonds is 8. The summed E-state index contributed by atoms with van der Waals surface area (Å²) in [6, 6.07) is 0. The number of unbranched alkanes of at least 4 members (excludes halogenated alkanes) is 2. The number of hydrogen-bond donors (Lipinski definition) is 1. The summed E-state index contributed by atoms with van der Waals surface area (Å²) in [4.78, 5) is 2.42. The molecule has 0 spiro atoms. The number of hydrogen-bond acceptors (Lipinski definition) is 2. The highest BCUT2D eigenvalue weighted by Gasteiger charge is 2.00. The minimum atomic E-state index is 0.0793. The lowest BCUT2D eigenvalue weighted by atomic mass is 10.2. The summed E-state index contributed by atoms with van der Waals surface area (Å²) in [7, 11) is 0. The van der Waals surface area contributed by atoms with Crippen LogP contribution in [0.25, 0.3) is 0 Å². The molecule has 0 bridgehead atoms. The quantitative estimate of drug-likeness (QED) is 0.656. The van der Waals surface area contributed by atoms with E-state index in [1.165, 1.54) is 25.7 Å². The molecule has 0 aromatic rings. The van der Waals surface area contributed by atoms with Crippen LogP contribution in [0.3, 0.4) is 0 Å². The second-order valence-electron chi connectivity index (χ2n) is 4.35. The molecule has 0 amide bonds. The Bertz CT molecular complexity index is 252. The summed E-state index contributed by atoms with van der Waals surface area (Å²) < 4.78 is 0. The molecule has 2 nitrogen and oxygen atoms in total. The highest BCUT2D eigenvalue weighted by atomic mass is 16.2. The van der Waals surface area contributed by atoms with Crippen molar-refractivity contribution >= 4 is 0 Å². The van der Waals surface area contributed by atoms with E-state index in [2.05, 4.69) is 30.6 Å². The third-order valence-corrected chi connectivity index (χ3v) is 2.64. The van der Waals surface area contributed by atoms with Crippen LogP contribution in [0.2, 0.25) is 0 Å². The maximum Gasteiger partial charge on any atom is 0.0624 e. The molecule has 98 valence electrons. The Morgan fingerprint density at radius 3 is 2.24 bits per heavy atom. The highest BCUT2D eigenvalue weighted by molar-refractivity contribution is 5.26. The third-order valence-electron chi connectivity index (χ3n) is 2.64. The first-order valence-electron chi connectivity index (χ1n) is 6.73. The van der Waals surface area contributed by atoms with Gasteiger partial charge in [0, 0.05) is 0 Å². The van der Waals surface area contributed by atoms with Gasteiger partial charge in [0.25, 0.3) is 0 Å². The average molecular weight is 237 g/mol. The fraction of sp³-hybridized carbons (Fsp3) is 0.733. The molecular formula is C15H27NO. The lowest BCUT2D eigenvalue weighted by Gasteiger charge is -2.18. The van der Waals surface area contributed by atoms with Crippen LogP contribution < -0.4 is 0 Å². The second-order valence-corrected chi connectivity index (χ2v) is 4.35. The van der Waals surface area contributed by atoms with Crippen LogP contribution >= 0.6 is 0 Å². The van der Waals surface area contributed by atoms with Crippen molar-refractivity contribution in [2.24, 2.45) is 0 Å². The first-order valence-corrected chi connectivity index (χ1v) is 6.73. The minimum Gasteiger partial charge on any atom is -0.392 e. The molecule has 2 heteroatoms. The SMILES string of the molecule is CCCCN(CC#C/C(C)=C/CO)CCCC. The normalized spacial score (nSPS) is 11.5. The van der Waals surface area contributed by atoms with Crippen molar-refractivity contribution in [3.8, 4) is 11.8 Å². The molecule has 0 aliphatic heterocycles. The maximum atomic E-state index is 8.72. The van der Waals surface area contributed by atoms with E-state index in [0.717, 1.165) is 25.2 Å². The van der Waals surface area contributed by atoms with E-state index in [-0.39, 0.29) is 6.61 Å². The van der Waals surface area contributed by atoms with Gasteiger partial charge in [0.2, 0.25) is 0 Å². The molecule has 0 atom stereocenters. The van der Waals surface area contributed by atoms with Crippen molar-refractivity contribution in [2.75, 3.05) is 26.2 Å². The van der Waals surface area contributed by atoms with Gasteiger partial charge in [0.1, 0.15) is 0 Å². The summed E-state index contributed by atoms with van der Waals surface area (Å²) in [5.41, 5.74) is 0.957. The summed E-state index contributed by atoms with van der Waals surface area (Å²) in [5.74, 6) is 6.26. The Kier molecular flexibility index (Phi) is 11.2. The maximum absolute atomic E-state index is 8.72. The molecule has 1 N–H and O–H groups in total. The van der Waals surface area contributed by atoms with Crippen LogP contribution in [0.5, 0.6) is 0 Å². The Hall–Kier alpha value is -0.780. The Labute approximate surface area is 107 Å². The molecule has 0 aromatic carbocycles. The summed E-state index contributed by atoms with van der Waals surface area (Å²) in [6.07, 6.45) is 6.71. The van der Waals surface area contributed by atoms with E-state index >= 15 is 0 Å². The van der Waals surface area contributed by atoms with Crippen molar-refractivity contribution in [2.45, 2.75) is 46.5 Å². The minimum absolute atomic E-state index is 0.0793. The van der Waals surface area contributed by atoms with E-state index in [4.69, 9.17) is 5.11 Å². The Balaban J connectivity index is 4.08. The van der Waals surface area contributed by atoms with E-state index in [9.17, 15) is 0 Å². The number of nitrogens with zero attached hydrogens (tertiary/aromatic N) is 1. The Morgan fingerprint density at radius 2 is 1.76 bits per heavy atom. The first kappa shape index (κ1) is 16.2. The molecule has 0 aliphatic carbocycles. The van der Waals surface area contributed by atoms with E-state index in [1.54, 1.807) is 6.08 Å². The van der Waals surface area contributed by atoms with Crippen molar-refractivity contribution in [1.82, 2.24) is 4.90 Å². The van der Waals surface area contributed by atoms with Crippen molar-refractivity contribution in [3.05, 3.63) is 11.6 Å². The number of aliphatic hydroxyl groups excluding tert-OH is 1. The molecule has 0 heterocycles. The molecule has 0 saturated heterocycles. The topological polar surface area (TPSA) is 23.5 Å². The zero-order chi connectivity index (χ0) is 12.9. The fourth-order valence-electron chi connectivity index (χ4n) is 1.51. The molecule has 0 saturated carbocycles. The van der Waals surface area contributed by atoms with Crippen LogP contribution in [0.1, 0.15) is 46.5 Å². The summed E-state index contributed by atoms with van der Waals surface area (Å²) >= 11 is 0. The molecule has 0 fully saturated rings. The van der Waals surface area contributed by atoms with Gasteiger partial charge in [-0.2, -0.15) is 0 Å². The van der Waals surface area contributed by atoms with Gasteiger partial charge in [0.15, 0.2) is 0 Å². The largest absolute Gasteiger partial charge is 0.392 e. The van der Waals surface area contributed by atoms with Crippen LogP contribution in [0, 0.1) is 11.8 Å². The molecular weight excluding hydrogens is 210 g/mol. The highest BCUT2D eigenvalue weighted by Crippen LogP contribution is 1.98. The number of allylic oxidation sites excluding steroid dienone is 1. The van der Waals surface area contributed by atoms with Crippen LogP contribution in [0.15, 0.2) is 11.6 Å². The second kappa shape index (κ2) is 11.7. The van der Waals surface area contributed by atoms with Crippen molar-refractivity contribution in [3.63, 3.8) is 0 Å². The smallest absolute Gasteiger partial charge is 0.0624 e. The van der Waals surface area contributed by atoms with Gasteiger partial charge < -0.3 is 5.11 Å². The van der Waals surface area contributed by atoms with E-state index < -0.39 is 0 Å². The standard InChI is InChI=1S/C15H27NO/c1-4-6-11-16(12-7-5-2)13-8-9-15(3)10-14-17/h10,17H,4-7,11-14H2,1-3H3/b15-10+. The van der Waals surface area contributed by atoms with Gasteiger partial charge >= 0.3 is 0 Å². The molecule has 0 radical (unpaired) electrons. The van der Waals surface area contributed by atoms with Gasteiger partial charge in [0.05, 0.1) is 13.2 Å². The van der Waals surface area contributed by atoms with Gasteiger partial charge in [-0.1, -0.05) is 38.5 Å². The third kappa shape index (κ3) is 10.1. The monoisotopic (exact) mass is 237 g/mol. The zero-order valence-corrected chi connectivity index (χ0v) is 11.6. The zero-order valence-electron chi connectivity index (χ0n) is 11.6. The van der Waals surface area contributed by atoms with Crippen molar-refractivity contribution in [1.29, 1.82) is 0 Å². The summed E-state index contributed by atoms with van der Waals surface area (Å²) in [6.45, 7) is 9.59. The lowest BCUT2D eigenvalue weighted by Crippen LogP contribution is -2.26. The first-order chi connectivity index (χ1) is 8.24. The fourth-order valence-corrected chi connectivity index (χ4v) is 1.51. The molecule has 0 aromatic heterocycles. The molecule has 0 aliphatic rings.